The summed E-state index contributed by atoms with van der Waals surface area (Å²) in [6, 6.07) is 4.15. The first kappa shape index (κ1) is 12.9. The third-order valence-electron chi connectivity index (χ3n) is 3.30. The van der Waals surface area contributed by atoms with E-state index in [0.29, 0.717) is 13.1 Å². The zero-order chi connectivity index (χ0) is 13.0. The minimum Gasteiger partial charge on any atom is -0.345 e. The van der Waals surface area contributed by atoms with E-state index in [-0.39, 0.29) is 0 Å². The predicted molar refractivity (Wildman–Crippen MR) is 75.3 cm³/mol. The Bertz CT molecular complexity index is 421. The fraction of sp³-hybridized carbons (Fsp3) is 0.533. The lowest BCUT2D eigenvalue weighted by Gasteiger charge is -2.22. The molecule has 18 heavy (non-hydrogen) atoms. The van der Waals surface area contributed by atoms with E-state index < -0.39 is 0 Å². The smallest absolute Gasteiger partial charge is 0.129 e. The van der Waals surface area contributed by atoms with Gasteiger partial charge in [-0.05, 0) is 42.9 Å². The monoisotopic (exact) mass is 243 g/mol. The van der Waals surface area contributed by atoms with Crippen LogP contribution in [0.15, 0.2) is 12.1 Å². The normalized spacial score (nSPS) is 14.3. The maximum atomic E-state index is 5.74. The summed E-state index contributed by atoms with van der Waals surface area (Å²) >= 11 is 0. The first-order valence-corrected chi connectivity index (χ1v) is 6.65. The van der Waals surface area contributed by atoms with Gasteiger partial charge in [0.2, 0.25) is 0 Å². The summed E-state index contributed by atoms with van der Waals surface area (Å²) in [5, 5.41) is 0. The minimum absolute atomic E-state index is 0.551. The number of pyridine rings is 1. The third kappa shape index (κ3) is 3.24. The molecule has 3 nitrogen and oxygen atoms in total. The standard InChI is InChI=1S/C15H21N3/c1-3-7-18(11-12-5-6-12)15-9-13(10-16)8-14(4-2)17-15/h1,8-9,12H,4-7,10-11,16H2,2H3. The molecular weight excluding hydrogens is 222 g/mol. The van der Waals surface area contributed by atoms with Gasteiger partial charge in [0.1, 0.15) is 5.82 Å². The van der Waals surface area contributed by atoms with Crippen molar-refractivity contribution in [2.45, 2.75) is 32.7 Å². The molecule has 1 saturated carbocycles. The van der Waals surface area contributed by atoms with Gasteiger partial charge >= 0.3 is 0 Å². The molecular formula is C15H21N3. The SMILES string of the molecule is C#CCN(CC1CC1)c1cc(CN)cc(CC)n1. The van der Waals surface area contributed by atoms with Crippen LogP contribution in [0.4, 0.5) is 5.82 Å². The van der Waals surface area contributed by atoms with Gasteiger partial charge < -0.3 is 10.6 Å². The van der Waals surface area contributed by atoms with Crippen molar-refractivity contribution in [3.05, 3.63) is 23.4 Å². The Morgan fingerprint density at radius 1 is 1.50 bits per heavy atom. The molecule has 1 aliphatic rings. The molecule has 0 spiro atoms. The van der Waals surface area contributed by atoms with Crippen molar-refractivity contribution in [1.29, 1.82) is 0 Å². The van der Waals surface area contributed by atoms with E-state index in [1.807, 2.05) is 0 Å². The Morgan fingerprint density at radius 2 is 2.28 bits per heavy atom. The van der Waals surface area contributed by atoms with Crippen molar-refractivity contribution < 1.29 is 0 Å². The van der Waals surface area contributed by atoms with Crippen LogP contribution >= 0.6 is 0 Å². The molecule has 0 aliphatic heterocycles. The van der Waals surface area contributed by atoms with Crippen molar-refractivity contribution in [2.75, 3.05) is 18.0 Å². The number of aryl methyl sites for hydroxylation is 1. The Balaban J connectivity index is 2.23. The third-order valence-corrected chi connectivity index (χ3v) is 3.30. The van der Waals surface area contributed by atoms with Crippen LogP contribution < -0.4 is 10.6 Å². The highest BCUT2D eigenvalue weighted by atomic mass is 15.2. The second kappa shape index (κ2) is 5.88. The molecule has 2 rings (SSSR count). The lowest BCUT2D eigenvalue weighted by molar-refractivity contribution is 0.750. The van der Waals surface area contributed by atoms with Crippen molar-refractivity contribution in [3.8, 4) is 12.3 Å². The molecule has 1 heterocycles. The second-order valence-corrected chi connectivity index (χ2v) is 4.91. The van der Waals surface area contributed by atoms with Crippen LogP contribution in [-0.2, 0) is 13.0 Å². The zero-order valence-corrected chi connectivity index (χ0v) is 11.0. The van der Waals surface area contributed by atoms with Crippen molar-refractivity contribution in [1.82, 2.24) is 4.98 Å². The van der Waals surface area contributed by atoms with Crippen LogP contribution in [0.25, 0.3) is 0 Å². The summed E-state index contributed by atoms with van der Waals surface area (Å²) in [5.74, 6) is 4.51. The predicted octanol–water partition coefficient (Wildman–Crippen LogP) is 1.95. The maximum Gasteiger partial charge on any atom is 0.129 e. The van der Waals surface area contributed by atoms with Gasteiger partial charge in [0.25, 0.3) is 0 Å². The Morgan fingerprint density at radius 3 is 2.83 bits per heavy atom. The van der Waals surface area contributed by atoms with E-state index in [4.69, 9.17) is 12.2 Å². The fourth-order valence-corrected chi connectivity index (χ4v) is 2.06. The minimum atomic E-state index is 0.551. The largest absolute Gasteiger partial charge is 0.345 e. The van der Waals surface area contributed by atoms with Crippen molar-refractivity contribution >= 4 is 5.82 Å². The van der Waals surface area contributed by atoms with Gasteiger partial charge in [0.05, 0.1) is 6.54 Å². The number of rotatable bonds is 6. The number of nitrogens with two attached hydrogens (primary N) is 1. The van der Waals surface area contributed by atoms with Crippen LogP contribution in [0.3, 0.4) is 0 Å². The van der Waals surface area contributed by atoms with Crippen LogP contribution in [0.1, 0.15) is 31.0 Å². The van der Waals surface area contributed by atoms with Gasteiger partial charge in [-0.1, -0.05) is 12.8 Å². The van der Waals surface area contributed by atoms with E-state index in [9.17, 15) is 0 Å². The summed E-state index contributed by atoms with van der Waals surface area (Å²) in [6.45, 7) is 4.31. The molecule has 0 unspecified atom stereocenters. The van der Waals surface area contributed by atoms with Crippen LogP contribution in [0, 0.1) is 18.3 Å². The summed E-state index contributed by atoms with van der Waals surface area (Å²) in [5.41, 5.74) is 7.97. The Labute approximate surface area is 109 Å². The van der Waals surface area contributed by atoms with Crippen LogP contribution in [-0.4, -0.2) is 18.1 Å². The highest BCUT2D eigenvalue weighted by molar-refractivity contribution is 5.44. The molecule has 96 valence electrons. The molecule has 0 atom stereocenters. The van der Waals surface area contributed by atoms with Gasteiger partial charge in [-0.3, -0.25) is 0 Å². The summed E-state index contributed by atoms with van der Waals surface area (Å²) in [7, 11) is 0. The van der Waals surface area contributed by atoms with Crippen molar-refractivity contribution in [3.63, 3.8) is 0 Å². The van der Waals surface area contributed by atoms with Crippen LogP contribution in [0.2, 0.25) is 0 Å². The topological polar surface area (TPSA) is 42.1 Å². The van der Waals surface area contributed by atoms with E-state index in [2.05, 4.69) is 34.9 Å². The van der Waals surface area contributed by atoms with Gasteiger partial charge in [-0.15, -0.1) is 6.42 Å². The number of nitrogens with zero attached hydrogens (tertiary/aromatic N) is 2. The lowest BCUT2D eigenvalue weighted by Crippen LogP contribution is -2.27. The number of hydrogen-bond donors (Lipinski definition) is 1. The van der Waals surface area contributed by atoms with Gasteiger partial charge in [-0.25, -0.2) is 4.98 Å². The van der Waals surface area contributed by atoms with Crippen LogP contribution in [0.5, 0.6) is 0 Å². The first-order valence-electron chi connectivity index (χ1n) is 6.65. The average Bonchev–Trinajstić information content (AvgIpc) is 3.21. The van der Waals surface area contributed by atoms with E-state index in [1.165, 1.54) is 12.8 Å². The van der Waals surface area contributed by atoms with Gasteiger partial charge in [0.15, 0.2) is 0 Å². The molecule has 0 amide bonds. The zero-order valence-electron chi connectivity index (χ0n) is 11.0. The summed E-state index contributed by atoms with van der Waals surface area (Å²) in [4.78, 5) is 6.88. The molecule has 1 aromatic rings. The molecule has 1 fully saturated rings. The second-order valence-electron chi connectivity index (χ2n) is 4.91. The quantitative estimate of drug-likeness (QED) is 0.777. The highest BCUT2D eigenvalue weighted by Gasteiger charge is 2.24. The summed E-state index contributed by atoms with van der Waals surface area (Å²) < 4.78 is 0. The fourth-order valence-electron chi connectivity index (χ4n) is 2.06. The van der Waals surface area contributed by atoms with E-state index >= 15 is 0 Å². The molecule has 3 heteroatoms. The number of terminal acetylenes is 1. The van der Waals surface area contributed by atoms with Gasteiger partial charge in [-0.2, -0.15) is 0 Å². The highest BCUT2D eigenvalue weighted by Crippen LogP contribution is 2.31. The van der Waals surface area contributed by atoms with Gasteiger partial charge in [0, 0.05) is 18.8 Å². The number of aromatic nitrogens is 1. The molecule has 0 saturated heterocycles. The first-order chi connectivity index (χ1) is 8.76. The van der Waals surface area contributed by atoms with E-state index in [0.717, 1.165) is 36.0 Å². The lowest BCUT2D eigenvalue weighted by atomic mass is 10.2. The summed E-state index contributed by atoms with van der Waals surface area (Å²) in [6.07, 6.45) is 9.02. The molecule has 1 aliphatic carbocycles. The molecule has 2 N–H and O–H groups in total. The van der Waals surface area contributed by atoms with E-state index in [1.54, 1.807) is 0 Å². The number of anilines is 1. The molecule has 0 bridgehead atoms. The number of hydrogen-bond acceptors (Lipinski definition) is 3. The van der Waals surface area contributed by atoms with Crippen molar-refractivity contribution in [2.24, 2.45) is 11.7 Å². The molecule has 0 radical (unpaired) electrons. The Hall–Kier alpha value is -1.53. The molecule has 0 aromatic carbocycles. The average molecular weight is 243 g/mol. The molecule has 1 aromatic heterocycles. The maximum absolute atomic E-state index is 5.74. The Kier molecular flexibility index (Phi) is 4.22.